The first-order valence-corrected chi connectivity index (χ1v) is 11.0. The SMILES string of the molecule is CC(C)N(C)[C@@H]1CCN(Cc2ccoc2)[C@H]1Cc1cnn(C)c1.O=C(O)C(F)(F)F.O=C(O)C(F)(F)F. The first kappa shape index (κ1) is 32.0. The molecule has 1 fully saturated rings. The molecule has 0 amide bonds. The van der Waals surface area contributed by atoms with E-state index in [1.165, 1.54) is 17.5 Å². The lowest BCUT2D eigenvalue weighted by molar-refractivity contribution is -0.193. The van der Waals surface area contributed by atoms with Gasteiger partial charge in [-0.05, 0) is 45.4 Å². The molecule has 0 saturated carbocycles. The Labute approximate surface area is 209 Å². The zero-order valence-electron chi connectivity index (χ0n) is 20.6. The van der Waals surface area contributed by atoms with E-state index in [1.54, 1.807) is 6.26 Å². The summed E-state index contributed by atoms with van der Waals surface area (Å²) in [7, 11) is 4.24. The maximum absolute atomic E-state index is 10.6. The third-order valence-electron chi connectivity index (χ3n) is 5.62. The van der Waals surface area contributed by atoms with E-state index in [2.05, 4.69) is 48.1 Å². The number of aromatic nitrogens is 2. The number of carboxylic acid groups (broad SMARTS) is 2. The Kier molecular flexibility index (Phi) is 11.6. The summed E-state index contributed by atoms with van der Waals surface area (Å²) in [5, 5.41) is 18.6. The van der Waals surface area contributed by atoms with Crippen molar-refractivity contribution in [2.45, 2.75) is 63.7 Å². The average Bonchev–Trinajstić information content (AvgIpc) is 3.50. The second kappa shape index (κ2) is 13.5. The second-order valence-electron chi connectivity index (χ2n) is 8.62. The van der Waals surface area contributed by atoms with Crippen molar-refractivity contribution >= 4 is 11.9 Å². The van der Waals surface area contributed by atoms with Crippen LogP contribution in [-0.4, -0.2) is 85.8 Å². The van der Waals surface area contributed by atoms with Crippen LogP contribution >= 0.6 is 0 Å². The lowest BCUT2D eigenvalue weighted by Crippen LogP contribution is -2.47. The quantitative estimate of drug-likeness (QED) is 0.529. The molecule has 15 heteroatoms. The van der Waals surface area contributed by atoms with Gasteiger partial charge in [0.25, 0.3) is 0 Å². The lowest BCUT2D eigenvalue weighted by atomic mass is 10.00. The van der Waals surface area contributed by atoms with Crippen LogP contribution in [0, 0.1) is 0 Å². The number of hydrogen-bond donors (Lipinski definition) is 2. The van der Waals surface area contributed by atoms with Crippen LogP contribution in [0.2, 0.25) is 0 Å². The minimum absolute atomic E-state index is 0.515. The molecule has 2 atom stereocenters. The first-order chi connectivity index (χ1) is 16.9. The highest BCUT2D eigenvalue weighted by Crippen LogP contribution is 2.28. The highest BCUT2D eigenvalue weighted by molar-refractivity contribution is 5.73. The number of alkyl halides is 6. The molecule has 3 rings (SSSR count). The van der Waals surface area contributed by atoms with Crippen molar-refractivity contribution in [3.63, 3.8) is 0 Å². The van der Waals surface area contributed by atoms with Crippen LogP contribution in [0.5, 0.6) is 0 Å². The number of nitrogens with zero attached hydrogens (tertiary/aromatic N) is 4. The molecule has 3 heterocycles. The summed E-state index contributed by atoms with van der Waals surface area (Å²) in [6, 6.07) is 3.73. The van der Waals surface area contributed by atoms with E-state index < -0.39 is 24.3 Å². The summed E-state index contributed by atoms with van der Waals surface area (Å²) in [6.45, 7) is 6.65. The predicted molar refractivity (Wildman–Crippen MR) is 119 cm³/mol. The molecule has 0 aliphatic carbocycles. The maximum atomic E-state index is 10.6. The largest absolute Gasteiger partial charge is 0.490 e. The minimum Gasteiger partial charge on any atom is -0.475 e. The van der Waals surface area contributed by atoms with Gasteiger partial charge in [-0.15, -0.1) is 0 Å². The molecule has 2 aromatic heterocycles. The van der Waals surface area contributed by atoms with Crippen molar-refractivity contribution in [2.75, 3.05) is 13.6 Å². The van der Waals surface area contributed by atoms with Gasteiger partial charge < -0.3 is 14.6 Å². The molecule has 0 unspecified atom stereocenters. The molecule has 1 saturated heterocycles. The number of carboxylic acids is 2. The molecule has 2 aromatic rings. The molecule has 37 heavy (non-hydrogen) atoms. The molecular formula is C22H30F6N4O5. The lowest BCUT2D eigenvalue weighted by Gasteiger charge is -2.35. The fraction of sp³-hybridized carbons (Fsp3) is 0.591. The van der Waals surface area contributed by atoms with E-state index in [-0.39, 0.29) is 0 Å². The van der Waals surface area contributed by atoms with Crippen molar-refractivity contribution in [1.29, 1.82) is 0 Å². The molecule has 0 spiro atoms. The number of likely N-dealkylation sites (N-methyl/N-ethyl adjacent to an activating group) is 1. The Hall–Kier alpha value is -3.07. The Balaban J connectivity index is 0.000000404. The third kappa shape index (κ3) is 10.8. The van der Waals surface area contributed by atoms with Crippen LogP contribution < -0.4 is 0 Å². The predicted octanol–water partition coefficient (Wildman–Crippen LogP) is 3.81. The van der Waals surface area contributed by atoms with Gasteiger partial charge in [-0.3, -0.25) is 14.5 Å². The fourth-order valence-corrected chi connectivity index (χ4v) is 3.66. The van der Waals surface area contributed by atoms with Gasteiger partial charge in [0.1, 0.15) is 0 Å². The van der Waals surface area contributed by atoms with Crippen LogP contribution in [0.25, 0.3) is 0 Å². The minimum atomic E-state index is -5.08. The van der Waals surface area contributed by atoms with E-state index in [9.17, 15) is 26.3 Å². The average molecular weight is 544 g/mol. The Morgan fingerprint density at radius 2 is 1.68 bits per heavy atom. The van der Waals surface area contributed by atoms with E-state index in [0.29, 0.717) is 18.1 Å². The Morgan fingerprint density at radius 1 is 1.14 bits per heavy atom. The molecule has 0 radical (unpaired) electrons. The summed E-state index contributed by atoms with van der Waals surface area (Å²) in [5.74, 6) is -5.51. The Morgan fingerprint density at radius 3 is 2.05 bits per heavy atom. The summed E-state index contributed by atoms with van der Waals surface area (Å²) < 4.78 is 70.6. The second-order valence-corrected chi connectivity index (χ2v) is 8.62. The topological polar surface area (TPSA) is 112 Å². The van der Waals surface area contributed by atoms with Crippen LogP contribution in [0.4, 0.5) is 26.3 Å². The number of rotatable bonds is 6. The zero-order valence-corrected chi connectivity index (χ0v) is 20.6. The van der Waals surface area contributed by atoms with E-state index in [0.717, 1.165) is 19.5 Å². The smallest absolute Gasteiger partial charge is 0.475 e. The van der Waals surface area contributed by atoms with Gasteiger partial charge in [0, 0.05) is 50.0 Å². The maximum Gasteiger partial charge on any atom is 0.490 e. The van der Waals surface area contributed by atoms with E-state index in [1.807, 2.05) is 24.2 Å². The molecule has 210 valence electrons. The molecule has 0 aromatic carbocycles. The third-order valence-corrected chi connectivity index (χ3v) is 5.62. The van der Waals surface area contributed by atoms with Crippen LogP contribution in [-0.2, 0) is 29.6 Å². The van der Waals surface area contributed by atoms with Crippen molar-refractivity contribution in [2.24, 2.45) is 7.05 Å². The zero-order chi connectivity index (χ0) is 28.6. The molecule has 2 N–H and O–H groups in total. The van der Waals surface area contributed by atoms with Gasteiger partial charge >= 0.3 is 24.3 Å². The van der Waals surface area contributed by atoms with Crippen molar-refractivity contribution in [3.05, 3.63) is 42.1 Å². The molecule has 0 bridgehead atoms. The highest BCUT2D eigenvalue weighted by Gasteiger charge is 2.39. The van der Waals surface area contributed by atoms with Gasteiger partial charge in [-0.2, -0.15) is 31.4 Å². The van der Waals surface area contributed by atoms with E-state index >= 15 is 0 Å². The number of carbonyl (C=O) groups is 2. The standard InChI is InChI=1S/C18H28N4O.2C2HF3O2/c1-14(2)21(4)17-5-7-22(12-15-6-8-23-13-15)18(17)9-16-10-19-20(3)11-16;2*3-2(4,5)1(6)7/h6,8,10-11,13-14,17-18H,5,7,9,12H2,1-4H3;2*(H,6,7)/t17-,18+;;/m1../s1. The number of aryl methyl sites for hydroxylation is 1. The molecular weight excluding hydrogens is 514 g/mol. The number of hydrogen-bond acceptors (Lipinski definition) is 6. The first-order valence-electron chi connectivity index (χ1n) is 11.0. The van der Waals surface area contributed by atoms with Crippen LogP contribution in [0.3, 0.4) is 0 Å². The number of likely N-dealkylation sites (tertiary alicyclic amines) is 1. The molecule has 1 aliphatic rings. The molecule has 9 nitrogen and oxygen atoms in total. The highest BCUT2D eigenvalue weighted by atomic mass is 19.4. The van der Waals surface area contributed by atoms with Gasteiger partial charge in [-0.1, -0.05) is 0 Å². The summed E-state index contributed by atoms with van der Waals surface area (Å²) in [5.41, 5.74) is 2.58. The fourth-order valence-electron chi connectivity index (χ4n) is 3.66. The summed E-state index contributed by atoms with van der Waals surface area (Å²) in [4.78, 5) is 22.9. The van der Waals surface area contributed by atoms with Crippen molar-refractivity contribution in [3.8, 4) is 0 Å². The summed E-state index contributed by atoms with van der Waals surface area (Å²) in [6.07, 6.45) is -0.133. The van der Waals surface area contributed by atoms with E-state index in [4.69, 9.17) is 24.2 Å². The number of halogens is 6. The monoisotopic (exact) mass is 544 g/mol. The van der Waals surface area contributed by atoms with Gasteiger partial charge in [-0.25, -0.2) is 9.59 Å². The van der Waals surface area contributed by atoms with Crippen LogP contribution in [0.15, 0.2) is 35.4 Å². The normalized spacial score (nSPS) is 18.3. The van der Waals surface area contributed by atoms with Gasteiger partial charge in [0.15, 0.2) is 0 Å². The van der Waals surface area contributed by atoms with Crippen LogP contribution in [0.1, 0.15) is 31.4 Å². The number of furan rings is 1. The number of aliphatic carboxylic acids is 2. The van der Waals surface area contributed by atoms with Crippen molar-refractivity contribution in [1.82, 2.24) is 19.6 Å². The van der Waals surface area contributed by atoms with Gasteiger partial charge in [0.2, 0.25) is 0 Å². The Bertz CT molecular complexity index is 951. The van der Waals surface area contributed by atoms with Gasteiger partial charge in [0.05, 0.1) is 18.7 Å². The molecule has 1 aliphatic heterocycles. The van der Waals surface area contributed by atoms with Crippen molar-refractivity contribution < 1.29 is 50.6 Å². The summed E-state index contributed by atoms with van der Waals surface area (Å²) >= 11 is 0.